The number of hydrogen-bond donors (Lipinski definition) is 1. The maximum atomic E-state index is 12.6. The van der Waals surface area contributed by atoms with E-state index in [0.717, 1.165) is 10.1 Å². The molecule has 0 bridgehead atoms. The first-order valence-corrected chi connectivity index (χ1v) is 11.4. The van der Waals surface area contributed by atoms with Crippen molar-refractivity contribution in [3.63, 3.8) is 0 Å². The third-order valence-corrected chi connectivity index (χ3v) is 6.99. The number of esters is 1. The van der Waals surface area contributed by atoms with Gasteiger partial charge in [-0.15, -0.1) is 11.3 Å². The van der Waals surface area contributed by atoms with Crippen LogP contribution < -0.4 is 9.47 Å². The molecule has 32 heavy (non-hydrogen) atoms. The maximum absolute atomic E-state index is 12.6. The monoisotopic (exact) mass is 460 g/mol. The molecule has 0 spiro atoms. The van der Waals surface area contributed by atoms with E-state index >= 15 is 0 Å². The number of fused-ring (bicyclic) bond motifs is 1. The molecule has 0 amide bonds. The van der Waals surface area contributed by atoms with Gasteiger partial charge in [0.15, 0.2) is 17.3 Å². The summed E-state index contributed by atoms with van der Waals surface area (Å²) in [5, 5.41) is 10.3. The third-order valence-electron chi connectivity index (χ3n) is 5.85. The summed E-state index contributed by atoms with van der Waals surface area (Å²) >= 11 is 1.34. The van der Waals surface area contributed by atoms with Gasteiger partial charge >= 0.3 is 11.9 Å². The molecule has 3 rings (SSSR count). The van der Waals surface area contributed by atoms with Crippen molar-refractivity contribution in [1.82, 2.24) is 0 Å². The number of aliphatic carboxylic acids is 1. The number of hydrogen-bond acceptors (Lipinski definition) is 7. The van der Waals surface area contributed by atoms with Crippen molar-refractivity contribution < 1.29 is 33.7 Å². The minimum Gasteiger partial charge on any atom is -0.493 e. The summed E-state index contributed by atoms with van der Waals surface area (Å²) in [6.45, 7) is 1.72. The Bertz CT molecular complexity index is 997. The highest BCUT2D eigenvalue weighted by Crippen LogP contribution is 2.37. The van der Waals surface area contributed by atoms with Gasteiger partial charge < -0.3 is 19.3 Å². The highest BCUT2D eigenvalue weighted by molar-refractivity contribution is 7.20. The summed E-state index contributed by atoms with van der Waals surface area (Å²) in [5.74, 6) is -0.243. The molecular formula is C24H28O7S. The lowest BCUT2D eigenvalue weighted by atomic mass is 9.79. The molecule has 1 heterocycles. The van der Waals surface area contributed by atoms with Crippen LogP contribution in [-0.4, -0.2) is 43.2 Å². The molecule has 1 aliphatic rings. The number of benzene rings is 1. The summed E-state index contributed by atoms with van der Waals surface area (Å²) in [6, 6.07) is 5.44. The van der Waals surface area contributed by atoms with E-state index in [1.807, 2.05) is 24.3 Å². The average Bonchev–Trinajstić information content (AvgIpc) is 3.18. The molecule has 7 nitrogen and oxygen atoms in total. The minimum atomic E-state index is -0.831. The summed E-state index contributed by atoms with van der Waals surface area (Å²) in [7, 11) is 3.11. The molecule has 1 aromatic carbocycles. The van der Waals surface area contributed by atoms with Crippen LogP contribution in [0.2, 0.25) is 0 Å². The third kappa shape index (κ3) is 5.48. The molecule has 1 N–H and O–H groups in total. The SMILES string of the molecule is COc1cc2cc(C(=O)CCC(=O)O[C@H]3/C=C/CC[C@@](C)(C(=O)O)CC3)sc2cc1OC. The first-order valence-electron chi connectivity index (χ1n) is 10.5. The van der Waals surface area contributed by atoms with Gasteiger partial charge in [-0.1, -0.05) is 6.08 Å². The molecule has 172 valence electrons. The van der Waals surface area contributed by atoms with Crippen LogP contribution in [0.5, 0.6) is 11.5 Å². The van der Waals surface area contributed by atoms with Crippen LogP contribution in [0.4, 0.5) is 0 Å². The fourth-order valence-corrected chi connectivity index (χ4v) is 4.75. The fourth-order valence-electron chi connectivity index (χ4n) is 3.71. The molecular weight excluding hydrogens is 432 g/mol. The quantitative estimate of drug-likeness (QED) is 0.336. The zero-order valence-corrected chi connectivity index (χ0v) is 19.3. The highest BCUT2D eigenvalue weighted by atomic mass is 32.1. The van der Waals surface area contributed by atoms with Crippen LogP contribution in [-0.2, 0) is 14.3 Å². The number of allylic oxidation sites excluding steroid dienone is 1. The van der Waals surface area contributed by atoms with Crippen molar-refractivity contribution >= 4 is 39.1 Å². The lowest BCUT2D eigenvalue weighted by Crippen LogP contribution is -2.30. The number of ketones is 1. The van der Waals surface area contributed by atoms with Crippen LogP contribution in [0.3, 0.4) is 0 Å². The lowest BCUT2D eigenvalue weighted by Gasteiger charge is -2.27. The Kier molecular flexibility index (Phi) is 7.56. The van der Waals surface area contributed by atoms with Crippen molar-refractivity contribution in [2.45, 2.75) is 51.6 Å². The van der Waals surface area contributed by atoms with E-state index in [4.69, 9.17) is 14.2 Å². The van der Waals surface area contributed by atoms with Gasteiger partial charge in [0.2, 0.25) is 0 Å². The molecule has 8 heteroatoms. The Morgan fingerprint density at radius 2 is 1.81 bits per heavy atom. The number of thiophene rings is 1. The largest absolute Gasteiger partial charge is 0.493 e. The van der Waals surface area contributed by atoms with Crippen LogP contribution in [0.15, 0.2) is 30.4 Å². The second kappa shape index (κ2) is 10.2. The summed E-state index contributed by atoms with van der Waals surface area (Å²) in [6.07, 6.45) is 5.27. The summed E-state index contributed by atoms with van der Waals surface area (Å²) < 4.78 is 17.0. The van der Waals surface area contributed by atoms with Gasteiger partial charge in [0.05, 0.1) is 30.9 Å². The molecule has 0 radical (unpaired) electrons. The van der Waals surface area contributed by atoms with Crippen molar-refractivity contribution in [2.75, 3.05) is 14.2 Å². The zero-order chi connectivity index (χ0) is 23.3. The minimum absolute atomic E-state index is 0.0275. The lowest BCUT2D eigenvalue weighted by molar-refractivity contribution is -0.150. The van der Waals surface area contributed by atoms with Crippen LogP contribution in [0.1, 0.15) is 55.1 Å². The van der Waals surface area contributed by atoms with Crippen molar-refractivity contribution in [3.05, 3.63) is 35.2 Å². The van der Waals surface area contributed by atoms with Gasteiger partial charge in [0.1, 0.15) is 6.10 Å². The molecule has 2 aromatic rings. The summed E-state index contributed by atoms with van der Waals surface area (Å²) in [4.78, 5) is 37.1. The number of carboxylic acids is 1. The van der Waals surface area contributed by atoms with E-state index < -0.39 is 23.5 Å². The Morgan fingerprint density at radius 3 is 2.50 bits per heavy atom. The van der Waals surface area contributed by atoms with Crippen LogP contribution in [0.25, 0.3) is 10.1 Å². The first kappa shape index (κ1) is 23.8. The zero-order valence-electron chi connectivity index (χ0n) is 18.5. The summed E-state index contributed by atoms with van der Waals surface area (Å²) in [5.41, 5.74) is -0.822. The molecule has 1 aromatic heterocycles. The van der Waals surface area contributed by atoms with Gasteiger partial charge in [-0.05, 0) is 56.2 Å². The predicted molar refractivity (Wildman–Crippen MR) is 122 cm³/mol. The van der Waals surface area contributed by atoms with E-state index in [0.29, 0.717) is 42.1 Å². The number of carboxylic acid groups (broad SMARTS) is 1. The number of methoxy groups -OCH3 is 2. The number of carbonyl (C=O) groups is 3. The molecule has 0 saturated heterocycles. The van der Waals surface area contributed by atoms with Crippen molar-refractivity contribution in [3.8, 4) is 11.5 Å². The number of carbonyl (C=O) groups excluding carboxylic acids is 2. The Morgan fingerprint density at radius 1 is 1.09 bits per heavy atom. The second-order valence-electron chi connectivity index (χ2n) is 8.18. The highest BCUT2D eigenvalue weighted by Gasteiger charge is 2.34. The van der Waals surface area contributed by atoms with Gasteiger partial charge in [0.25, 0.3) is 0 Å². The number of rotatable bonds is 8. The first-order chi connectivity index (χ1) is 15.3. The van der Waals surface area contributed by atoms with Crippen molar-refractivity contribution in [2.24, 2.45) is 5.41 Å². The van der Waals surface area contributed by atoms with Gasteiger partial charge in [0, 0.05) is 17.2 Å². The smallest absolute Gasteiger partial charge is 0.309 e. The maximum Gasteiger partial charge on any atom is 0.309 e. The van der Waals surface area contributed by atoms with Crippen LogP contribution in [0, 0.1) is 5.41 Å². The Hall–Kier alpha value is -2.87. The predicted octanol–water partition coefficient (Wildman–Crippen LogP) is 5.01. The fraction of sp³-hybridized carbons (Fsp3) is 0.458. The van der Waals surface area contributed by atoms with Crippen molar-refractivity contribution in [1.29, 1.82) is 0 Å². The molecule has 0 fully saturated rings. The number of Topliss-reactive ketones (excluding diaryl/α,β-unsaturated/α-hetero) is 1. The number of ether oxygens (including phenoxy) is 3. The topological polar surface area (TPSA) is 99.1 Å². The van der Waals surface area contributed by atoms with E-state index in [1.54, 1.807) is 27.2 Å². The molecule has 0 aliphatic heterocycles. The molecule has 0 saturated carbocycles. The Labute approximate surface area is 191 Å². The molecule has 2 atom stereocenters. The van der Waals surface area contributed by atoms with Gasteiger partial charge in [-0.25, -0.2) is 0 Å². The van der Waals surface area contributed by atoms with E-state index in [9.17, 15) is 19.5 Å². The van der Waals surface area contributed by atoms with E-state index in [1.165, 1.54) is 11.3 Å². The van der Waals surface area contributed by atoms with Gasteiger partial charge in [-0.3, -0.25) is 14.4 Å². The Balaban J connectivity index is 1.58. The standard InChI is InChI=1S/C24H28O7S/c1-24(23(27)28)10-5-4-6-16(9-11-24)31-22(26)8-7-17(25)21-13-15-12-18(29-2)19(30-3)14-20(15)32-21/h4,6,12-14,16H,5,7-11H2,1-3H3,(H,27,28)/b6-4+/t16-,24+/m0/s1. The normalized spacial score (nSPS) is 21.9. The van der Waals surface area contributed by atoms with E-state index in [2.05, 4.69) is 0 Å². The van der Waals surface area contributed by atoms with E-state index in [-0.39, 0.29) is 18.6 Å². The van der Waals surface area contributed by atoms with Crippen LogP contribution >= 0.6 is 11.3 Å². The molecule has 1 aliphatic carbocycles. The average molecular weight is 461 g/mol. The second-order valence-corrected chi connectivity index (χ2v) is 9.26. The molecule has 0 unspecified atom stereocenters. The van der Waals surface area contributed by atoms with Gasteiger partial charge in [-0.2, -0.15) is 0 Å².